The topological polar surface area (TPSA) is 113 Å². The third kappa shape index (κ3) is 6.30. The number of halogens is 2. The molecule has 1 saturated heterocycles. The molecule has 230 valence electrons. The van der Waals surface area contributed by atoms with E-state index in [1.165, 1.54) is 0 Å². The van der Waals surface area contributed by atoms with Gasteiger partial charge in [0.25, 0.3) is 11.8 Å². The third-order valence-corrected chi connectivity index (χ3v) is 7.53. The van der Waals surface area contributed by atoms with Crippen LogP contribution in [0, 0.1) is 0 Å². The molecule has 2 aliphatic heterocycles. The van der Waals surface area contributed by atoms with Gasteiger partial charge in [-0.1, -0.05) is 12.1 Å². The van der Waals surface area contributed by atoms with Crippen molar-refractivity contribution in [3.8, 4) is 22.9 Å². The molecule has 0 radical (unpaired) electrons. The van der Waals surface area contributed by atoms with E-state index in [0.29, 0.717) is 67.4 Å². The molecule has 2 N–H and O–H groups in total. The van der Waals surface area contributed by atoms with Crippen molar-refractivity contribution in [3.05, 3.63) is 78.0 Å². The summed E-state index contributed by atoms with van der Waals surface area (Å²) < 4.78 is 52.2. The Kier molecular flexibility index (Phi) is 8.09. The molecule has 44 heavy (non-hydrogen) atoms. The first-order chi connectivity index (χ1) is 21.2. The van der Waals surface area contributed by atoms with Crippen LogP contribution in [-0.2, 0) is 9.53 Å². The molecule has 10 nitrogen and oxygen atoms in total. The lowest BCUT2D eigenvalue weighted by Gasteiger charge is -2.28. The fraction of sp³-hybridized carbons (Fsp3) is 0.344. The van der Waals surface area contributed by atoms with Gasteiger partial charge in [-0.2, -0.15) is 13.9 Å². The Morgan fingerprint density at radius 1 is 1.05 bits per heavy atom. The summed E-state index contributed by atoms with van der Waals surface area (Å²) in [5.74, 6) is -3.62. The zero-order valence-corrected chi connectivity index (χ0v) is 24.2. The van der Waals surface area contributed by atoms with E-state index < -0.39 is 24.0 Å². The van der Waals surface area contributed by atoms with Crippen LogP contribution in [0.5, 0.6) is 17.2 Å². The van der Waals surface area contributed by atoms with Gasteiger partial charge in [0.2, 0.25) is 0 Å². The molecule has 0 unspecified atom stereocenters. The minimum absolute atomic E-state index is 0.00407. The zero-order valence-electron chi connectivity index (χ0n) is 24.2. The molecule has 12 heteroatoms. The number of benzene rings is 3. The van der Waals surface area contributed by atoms with Crippen molar-refractivity contribution in [2.24, 2.45) is 0 Å². The first-order valence-corrected chi connectivity index (χ1v) is 14.4. The van der Waals surface area contributed by atoms with Crippen LogP contribution in [0.3, 0.4) is 0 Å². The molecule has 6 rings (SSSR count). The van der Waals surface area contributed by atoms with E-state index in [1.807, 2.05) is 12.1 Å². The zero-order chi connectivity index (χ0) is 30.8. The first kappa shape index (κ1) is 29.4. The van der Waals surface area contributed by atoms with Gasteiger partial charge >= 0.3 is 5.92 Å². The summed E-state index contributed by atoms with van der Waals surface area (Å²) in [7, 11) is 0. The number of alkyl halides is 2. The van der Waals surface area contributed by atoms with Gasteiger partial charge in [-0.3, -0.25) is 9.59 Å². The average molecular weight is 607 g/mol. The second kappa shape index (κ2) is 12.1. The van der Waals surface area contributed by atoms with Crippen molar-refractivity contribution in [1.29, 1.82) is 0 Å². The Balaban J connectivity index is 1.26. The first-order valence-electron chi connectivity index (χ1n) is 14.4. The summed E-state index contributed by atoms with van der Waals surface area (Å²) in [6.07, 6.45) is 1.61. The molecule has 1 aromatic heterocycles. The number of hydrogen-bond donors (Lipinski definition) is 2. The molecular formula is C32H32F2N4O6. The summed E-state index contributed by atoms with van der Waals surface area (Å²) in [5.41, 5.74) is 2.59. The quantitative estimate of drug-likeness (QED) is 0.287. The van der Waals surface area contributed by atoms with Crippen molar-refractivity contribution >= 4 is 22.7 Å². The number of hydrogen-bond acceptors (Lipinski definition) is 7. The molecule has 2 amide bonds. The number of carbonyl (C=O) groups excluding carboxylic acids is 2. The minimum atomic E-state index is -3.55. The molecule has 4 aromatic rings. The smallest absolute Gasteiger partial charge is 0.321 e. The van der Waals surface area contributed by atoms with Crippen LogP contribution in [0.1, 0.15) is 42.3 Å². The fourth-order valence-electron chi connectivity index (χ4n) is 5.24. The maximum absolute atomic E-state index is 13.7. The molecule has 0 bridgehead atoms. The van der Waals surface area contributed by atoms with Crippen LogP contribution >= 0.6 is 0 Å². The van der Waals surface area contributed by atoms with E-state index in [0.717, 1.165) is 17.3 Å². The Hall–Kier alpha value is -4.71. The maximum Gasteiger partial charge on any atom is 0.321 e. The molecule has 3 heterocycles. The van der Waals surface area contributed by atoms with E-state index in [4.69, 9.17) is 18.9 Å². The largest absolute Gasteiger partial charge is 0.486 e. The SMILES string of the molecule is C[C@H](NC(=O)C(C)(F)F)[C@@H](Oc1ccc2c(cnn2-c2cccc(C(=O)N[C@@H]3CCOC3)c2)c1)c1ccc2c(c1)OCCO2. The molecule has 0 aliphatic carbocycles. The number of amides is 2. The number of rotatable bonds is 9. The number of fused-ring (bicyclic) bond motifs is 2. The average Bonchev–Trinajstić information content (AvgIpc) is 3.69. The minimum Gasteiger partial charge on any atom is -0.486 e. The highest BCUT2D eigenvalue weighted by Crippen LogP contribution is 2.36. The van der Waals surface area contributed by atoms with Crippen molar-refractivity contribution in [2.75, 3.05) is 26.4 Å². The lowest BCUT2D eigenvalue weighted by molar-refractivity contribution is -0.144. The summed E-state index contributed by atoms with van der Waals surface area (Å²) in [6.45, 7) is 4.09. The highest BCUT2D eigenvalue weighted by Gasteiger charge is 2.35. The second-order valence-electron chi connectivity index (χ2n) is 11.0. The molecule has 1 fully saturated rings. The molecule has 0 spiro atoms. The number of ether oxygens (including phenoxy) is 4. The number of aromatic nitrogens is 2. The Morgan fingerprint density at radius 3 is 2.64 bits per heavy atom. The normalized spacial score (nSPS) is 17.6. The van der Waals surface area contributed by atoms with Crippen LogP contribution in [-0.4, -0.2) is 66.0 Å². The van der Waals surface area contributed by atoms with Gasteiger partial charge in [0.05, 0.1) is 36.1 Å². The van der Waals surface area contributed by atoms with E-state index in [1.54, 1.807) is 66.3 Å². The van der Waals surface area contributed by atoms with Crippen molar-refractivity contribution in [3.63, 3.8) is 0 Å². The van der Waals surface area contributed by atoms with Crippen molar-refractivity contribution in [1.82, 2.24) is 20.4 Å². The van der Waals surface area contributed by atoms with E-state index in [2.05, 4.69) is 15.7 Å². The highest BCUT2D eigenvalue weighted by molar-refractivity contribution is 5.95. The third-order valence-electron chi connectivity index (χ3n) is 7.53. The number of carbonyl (C=O) groups is 2. The summed E-state index contributed by atoms with van der Waals surface area (Å²) in [6, 6.07) is 16.9. The van der Waals surface area contributed by atoms with Gasteiger partial charge in [0, 0.05) is 24.5 Å². The fourth-order valence-corrected chi connectivity index (χ4v) is 5.24. The Morgan fingerprint density at radius 2 is 1.86 bits per heavy atom. The summed E-state index contributed by atoms with van der Waals surface area (Å²) in [5, 5.41) is 10.7. The summed E-state index contributed by atoms with van der Waals surface area (Å²) >= 11 is 0. The summed E-state index contributed by atoms with van der Waals surface area (Å²) in [4.78, 5) is 25.0. The lowest BCUT2D eigenvalue weighted by atomic mass is 10.0. The van der Waals surface area contributed by atoms with Crippen LogP contribution in [0.15, 0.2) is 66.9 Å². The van der Waals surface area contributed by atoms with E-state index in [-0.39, 0.29) is 11.9 Å². The highest BCUT2D eigenvalue weighted by atomic mass is 19.3. The van der Waals surface area contributed by atoms with E-state index in [9.17, 15) is 18.4 Å². The molecule has 0 saturated carbocycles. The van der Waals surface area contributed by atoms with Crippen LogP contribution < -0.4 is 24.8 Å². The lowest BCUT2D eigenvalue weighted by Crippen LogP contribution is -2.46. The van der Waals surface area contributed by atoms with Crippen LogP contribution in [0.2, 0.25) is 0 Å². The van der Waals surface area contributed by atoms with Gasteiger partial charge in [-0.25, -0.2) is 4.68 Å². The van der Waals surface area contributed by atoms with Gasteiger partial charge in [0.1, 0.15) is 25.1 Å². The number of nitrogens with one attached hydrogen (secondary N) is 2. The van der Waals surface area contributed by atoms with Crippen LogP contribution in [0.4, 0.5) is 8.78 Å². The van der Waals surface area contributed by atoms with E-state index >= 15 is 0 Å². The van der Waals surface area contributed by atoms with Crippen LogP contribution in [0.25, 0.3) is 16.6 Å². The van der Waals surface area contributed by atoms with Gasteiger partial charge in [-0.15, -0.1) is 0 Å². The van der Waals surface area contributed by atoms with Crippen molar-refractivity contribution in [2.45, 2.75) is 44.4 Å². The van der Waals surface area contributed by atoms with Gasteiger partial charge < -0.3 is 29.6 Å². The second-order valence-corrected chi connectivity index (χ2v) is 11.0. The Bertz CT molecular complexity index is 1680. The predicted octanol–water partition coefficient (Wildman–Crippen LogP) is 4.60. The Labute approximate surface area is 252 Å². The van der Waals surface area contributed by atoms with Gasteiger partial charge in [0.15, 0.2) is 11.5 Å². The standard InChI is InChI=1S/C32H32F2N4O6/c1-19(36-31(40)32(2,33)34)29(20-6-9-27-28(16-20)43-13-12-42-27)44-25-7-8-26-22(15-25)17-35-38(26)24-5-3-4-21(14-24)30(39)37-23-10-11-41-18-23/h3-9,14-17,19,23,29H,10-13,18H2,1-2H3,(H,36,40)(H,37,39)/t19-,23+,29+/m0/s1. The molecular weight excluding hydrogens is 574 g/mol. The maximum atomic E-state index is 13.7. The number of nitrogens with zero attached hydrogens (tertiary/aromatic N) is 2. The van der Waals surface area contributed by atoms with Gasteiger partial charge in [-0.05, 0) is 67.4 Å². The predicted molar refractivity (Wildman–Crippen MR) is 157 cm³/mol. The molecule has 3 aromatic carbocycles. The monoisotopic (exact) mass is 606 g/mol. The molecule has 3 atom stereocenters. The van der Waals surface area contributed by atoms with Crippen molar-refractivity contribution < 1.29 is 37.3 Å². The molecule has 2 aliphatic rings.